The molecule has 2 aliphatic rings. The van der Waals surface area contributed by atoms with Gasteiger partial charge < -0.3 is 10.4 Å². The van der Waals surface area contributed by atoms with E-state index in [1.165, 1.54) is 6.07 Å². The fraction of sp³-hybridized carbons (Fsp3) is 0.375. The van der Waals surface area contributed by atoms with Crippen molar-refractivity contribution in [2.45, 2.75) is 13.0 Å². The third-order valence-corrected chi connectivity index (χ3v) is 4.46. The number of fused-ring (bicyclic) bond motifs is 2. The van der Waals surface area contributed by atoms with Crippen molar-refractivity contribution in [1.29, 1.82) is 0 Å². The molecule has 0 spiro atoms. The number of hydrogen-bond donors (Lipinski definition) is 2. The normalized spacial score (nSPS) is 29.6. The van der Waals surface area contributed by atoms with E-state index >= 15 is 0 Å². The van der Waals surface area contributed by atoms with Crippen LogP contribution in [0.15, 0.2) is 36.4 Å². The lowest BCUT2D eigenvalue weighted by Gasteiger charge is -2.23. The summed E-state index contributed by atoms with van der Waals surface area (Å²) in [7, 11) is 0. The van der Waals surface area contributed by atoms with Crippen LogP contribution in [0.2, 0.25) is 0 Å². The first-order valence-corrected chi connectivity index (χ1v) is 7.00. The first kappa shape index (κ1) is 13.8. The van der Waals surface area contributed by atoms with E-state index in [2.05, 4.69) is 5.32 Å². The maximum Gasteiger partial charge on any atom is 0.307 e. The summed E-state index contributed by atoms with van der Waals surface area (Å²) in [4.78, 5) is 23.7. The summed E-state index contributed by atoms with van der Waals surface area (Å²) in [6.45, 7) is 0.0788. The second-order valence-corrected chi connectivity index (χ2v) is 5.65. The Morgan fingerprint density at radius 1 is 1.19 bits per heavy atom. The predicted molar refractivity (Wildman–Crippen MR) is 73.6 cm³/mol. The Hall–Kier alpha value is -2.17. The molecule has 2 aliphatic carbocycles. The average molecular weight is 289 g/mol. The van der Waals surface area contributed by atoms with Crippen LogP contribution in [0.3, 0.4) is 0 Å². The molecule has 0 heterocycles. The van der Waals surface area contributed by atoms with Gasteiger partial charge in [-0.15, -0.1) is 0 Å². The van der Waals surface area contributed by atoms with E-state index < -0.39 is 17.8 Å². The molecule has 21 heavy (non-hydrogen) atoms. The number of benzene rings is 1. The molecule has 1 amide bonds. The van der Waals surface area contributed by atoms with E-state index in [0.29, 0.717) is 5.56 Å². The molecule has 0 aliphatic heterocycles. The lowest BCUT2D eigenvalue weighted by molar-refractivity contribution is -0.147. The first-order chi connectivity index (χ1) is 10.1. The van der Waals surface area contributed by atoms with Crippen molar-refractivity contribution in [3.63, 3.8) is 0 Å². The van der Waals surface area contributed by atoms with Crippen molar-refractivity contribution in [2.75, 3.05) is 0 Å². The monoisotopic (exact) mass is 289 g/mol. The Morgan fingerprint density at radius 3 is 2.52 bits per heavy atom. The van der Waals surface area contributed by atoms with Crippen LogP contribution in [0.25, 0.3) is 0 Å². The second kappa shape index (κ2) is 5.31. The number of allylic oxidation sites excluding steroid dienone is 2. The molecule has 0 unspecified atom stereocenters. The molecule has 0 radical (unpaired) electrons. The maximum atomic E-state index is 13.5. The zero-order chi connectivity index (χ0) is 15.0. The van der Waals surface area contributed by atoms with Gasteiger partial charge in [-0.2, -0.15) is 0 Å². The lowest BCUT2D eigenvalue weighted by atomic mass is 9.82. The molecule has 4 nitrogen and oxygen atoms in total. The lowest BCUT2D eigenvalue weighted by Crippen LogP contribution is -2.40. The van der Waals surface area contributed by atoms with Crippen LogP contribution in [0.1, 0.15) is 12.0 Å². The molecule has 2 bridgehead atoms. The SMILES string of the molecule is O=C(NCc1ccccc1F)[C@@H]1[C@H](C(=O)O)[C@H]2C=C[C@H]1C2. The number of amides is 1. The summed E-state index contributed by atoms with van der Waals surface area (Å²) in [6.07, 6.45) is 4.54. The van der Waals surface area contributed by atoms with E-state index in [9.17, 15) is 19.1 Å². The molecule has 0 saturated heterocycles. The number of rotatable bonds is 4. The molecular formula is C16H16FNO3. The van der Waals surface area contributed by atoms with Gasteiger partial charge in [0.1, 0.15) is 5.82 Å². The highest BCUT2D eigenvalue weighted by Crippen LogP contribution is 2.48. The van der Waals surface area contributed by atoms with Gasteiger partial charge in [-0.3, -0.25) is 9.59 Å². The molecule has 1 aromatic carbocycles. The molecule has 3 rings (SSSR count). The van der Waals surface area contributed by atoms with Gasteiger partial charge >= 0.3 is 5.97 Å². The Balaban J connectivity index is 1.69. The van der Waals surface area contributed by atoms with Crippen molar-refractivity contribution in [1.82, 2.24) is 5.32 Å². The molecule has 4 atom stereocenters. The van der Waals surface area contributed by atoms with Gasteiger partial charge in [-0.1, -0.05) is 30.4 Å². The van der Waals surface area contributed by atoms with Crippen molar-refractivity contribution < 1.29 is 19.1 Å². The summed E-state index contributed by atoms with van der Waals surface area (Å²) < 4.78 is 13.5. The van der Waals surface area contributed by atoms with Crippen molar-refractivity contribution in [2.24, 2.45) is 23.7 Å². The third-order valence-electron chi connectivity index (χ3n) is 4.46. The fourth-order valence-electron chi connectivity index (χ4n) is 3.46. The number of nitrogens with one attached hydrogen (secondary N) is 1. The van der Waals surface area contributed by atoms with Crippen LogP contribution in [-0.2, 0) is 16.1 Å². The number of carboxylic acid groups (broad SMARTS) is 1. The van der Waals surface area contributed by atoms with E-state index in [1.807, 2.05) is 12.2 Å². The quantitative estimate of drug-likeness (QED) is 0.833. The molecule has 110 valence electrons. The average Bonchev–Trinajstić information content (AvgIpc) is 3.06. The molecule has 1 fully saturated rings. The highest BCUT2D eigenvalue weighted by molar-refractivity contribution is 5.86. The van der Waals surface area contributed by atoms with Crippen LogP contribution in [-0.4, -0.2) is 17.0 Å². The van der Waals surface area contributed by atoms with Crippen molar-refractivity contribution >= 4 is 11.9 Å². The maximum absolute atomic E-state index is 13.5. The highest BCUT2D eigenvalue weighted by Gasteiger charge is 2.51. The number of hydrogen-bond acceptors (Lipinski definition) is 2. The Bertz CT molecular complexity index is 613. The van der Waals surface area contributed by atoms with E-state index in [-0.39, 0.29) is 30.1 Å². The molecular weight excluding hydrogens is 273 g/mol. The molecule has 5 heteroatoms. The van der Waals surface area contributed by atoms with Crippen molar-refractivity contribution in [3.8, 4) is 0 Å². The number of carbonyl (C=O) groups is 2. The number of halogens is 1. The number of carboxylic acids is 1. The zero-order valence-electron chi connectivity index (χ0n) is 11.3. The minimum atomic E-state index is -0.933. The van der Waals surface area contributed by atoms with E-state index in [0.717, 1.165) is 6.42 Å². The molecule has 2 N–H and O–H groups in total. The predicted octanol–water partition coefficient (Wildman–Crippen LogP) is 1.96. The summed E-state index contributed by atoms with van der Waals surface area (Å²) in [5.41, 5.74) is 0.399. The second-order valence-electron chi connectivity index (χ2n) is 5.65. The fourth-order valence-corrected chi connectivity index (χ4v) is 3.46. The van der Waals surface area contributed by atoms with Gasteiger partial charge in [0.15, 0.2) is 0 Å². The van der Waals surface area contributed by atoms with Crippen molar-refractivity contribution in [3.05, 3.63) is 47.8 Å². The van der Waals surface area contributed by atoms with Crippen LogP contribution in [0.5, 0.6) is 0 Å². The van der Waals surface area contributed by atoms with Crippen LogP contribution in [0.4, 0.5) is 4.39 Å². The van der Waals surface area contributed by atoms with Gasteiger partial charge in [-0.05, 0) is 24.3 Å². The number of carbonyl (C=O) groups excluding carboxylic acids is 1. The molecule has 1 saturated carbocycles. The third kappa shape index (κ3) is 2.44. The summed E-state index contributed by atoms with van der Waals surface area (Å²) in [5, 5.41) is 12.0. The summed E-state index contributed by atoms with van der Waals surface area (Å²) in [5.74, 6) is -2.90. The zero-order valence-corrected chi connectivity index (χ0v) is 11.3. The van der Waals surface area contributed by atoms with E-state index in [4.69, 9.17) is 0 Å². The van der Waals surface area contributed by atoms with E-state index in [1.54, 1.807) is 18.2 Å². The Morgan fingerprint density at radius 2 is 1.86 bits per heavy atom. The number of aliphatic carboxylic acids is 1. The van der Waals surface area contributed by atoms with Crippen LogP contribution < -0.4 is 5.32 Å². The van der Waals surface area contributed by atoms with Crippen LogP contribution in [0, 0.1) is 29.5 Å². The smallest absolute Gasteiger partial charge is 0.307 e. The van der Waals surface area contributed by atoms with Crippen LogP contribution >= 0.6 is 0 Å². The summed E-state index contributed by atoms with van der Waals surface area (Å²) >= 11 is 0. The minimum Gasteiger partial charge on any atom is -0.481 e. The molecule has 0 aromatic heterocycles. The van der Waals surface area contributed by atoms with Gasteiger partial charge in [-0.25, -0.2) is 4.39 Å². The first-order valence-electron chi connectivity index (χ1n) is 7.00. The highest BCUT2D eigenvalue weighted by atomic mass is 19.1. The largest absolute Gasteiger partial charge is 0.481 e. The van der Waals surface area contributed by atoms with Gasteiger partial charge in [0.05, 0.1) is 11.8 Å². The molecule has 1 aromatic rings. The Labute approximate surface area is 121 Å². The standard InChI is InChI=1S/C16H16FNO3/c17-12-4-2-1-3-11(12)8-18-15(19)13-9-5-6-10(7-9)14(13)16(20)21/h1-6,9-10,13-14H,7-8H2,(H,18,19)(H,20,21)/t9-,10-,13-,14+/m0/s1. The van der Waals surface area contributed by atoms with Gasteiger partial charge in [0.25, 0.3) is 0 Å². The minimum absolute atomic E-state index is 0.0169. The van der Waals surface area contributed by atoms with Gasteiger partial charge in [0, 0.05) is 12.1 Å². The van der Waals surface area contributed by atoms with Gasteiger partial charge in [0.2, 0.25) is 5.91 Å². The Kier molecular flexibility index (Phi) is 3.49. The topological polar surface area (TPSA) is 66.4 Å². The summed E-state index contributed by atoms with van der Waals surface area (Å²) in [6, 6.07) is 6.22.